The molecule has 1 atom stereocenters. The average molecular weight is 214 g/mol. The van der Waals surface area contributed by atoms with Crippen LogP contribution in [0.15, 0.2) is 28.7 Å². The molecular weight excluding hydrogens is 206 g/mol. The van der Waals surface area contributed by atoms with Crippen LogP contribution >= 0.6 is 11.6 Å². The summed E-state index contributed by atoms with van der Waals surface area (Å²) < 4.78 is 5.69. The van der Waals surface area contributed by atoms with Gasteiger partial charge in [-0.15, -0.1) is 11.6 Å². The van der Waals surface area contributed by atoms with Gasteiger partial charge in [0.05, 0.1) is 5.38 Å². The second-order valence-electron chi connectivity index (χ2n) is 3.74. The van der Waals surface area contributed by atoms with Crippen molar-refractivity contribution >= 4 is 42.0 Å². The molecule has 2 aromatic rings. The molecule has 1 unspecified atom stereocenters. The van der Waals surface area contributed by atoms with Gasteiger partial charge in [0.2, 0.25) is 0 Å². The van der Waals surface area contributed by atoms with E-state index in [2.05, 4.69) is 0 Å². The van der Waals surface area contributed by atoms with Crippen molar-refractivity contribution in [2.24, 2.45) is 0 Å². The maximum Gasteiger partial charge on any atom is 0.134 e. The summed E-state index contributed by atoms with van der Waals surface area (Å²) in [5, 5.41) is 1.06. The van der Waals surface area contributed by atoms with Crippen molar-refractivity contribution in [2.75, 3.05) is 0 Å². The minimum absolute atomic E-state index is 0.0397. The van der Waals surface area contributed by atoms with Gasteiger partial charge in [0, 0.05) is 10.9 Å². The van der Waals surface area contributed by atoms with E-state index in [1.54, 1.807) is 0 Å². The van der Waals surface area contributed by atoms with Crippen LogP contribution in [0.25, 0.3) is 17.0 Å². The molecule has 0 spiro atoms. The SMILES string of the molecule is [B]c1cccc2oc3c(c12)CC(Cl)C=C3. The Morgan fingerprint density at radius 3 is 3.13 bits per heavy atom. The third-order valence-corrected chi connectivity index (χ3v) is 3.03. The zero-order valence-electron chi connectivity index (χ0n) is 8.03. The fourth-order valence-electron chi connectivity index (χ4n) is 2.05. The molecule has 0 amide bonds. The lowest BCUT2D eigenvalue weighted by molar-refractivity contribution is 0.596. The lowest BCUT2D eigenvalue weighted by atomic mass is 9.88. The van der Waals surface area contributed by atoms with Crippen molar-refractivity contribution in [1.82, 2.24) is 0 Å². The number of hydrogen-bond acceptors (Lipinski definition) is 1. The summed E-state index contributed by atoms with van der Waals surface area (Å²) in [5.74, 6) is 0.889. The molecule has 0 fully saturated rings. The van der Waals surface area contributed by atoms with Gasteiger partial charge in [-0.3, -0.25) is 0 Å². The van der Waals surface area contributed by atoms with Crippen molar-refractivity contribution < 1.29 is 4.42 Å². The van der Waals surface area contributed by atoms with Gasteiger partial charge in [-0.25, -0.2) is 0 Å². The van der Waals surface area contributed by atoms with Gasteiger partial charge in [0.1, 0.15) is 19.2 Å². The molecule has 0 saturated carbocycles. The van der Waals surface area contributed by atoms with Crippen LogP contribution in [-0.2, 0) is 6.42 Å². The summed E-state index contributed by atoms with van der Waals surface area (Å²) in [5.41, 5.74) is 2.73. The monoisotopic (exact) mass is 214 g/mol. The number of alkyl halides is 1. The lowest BCUT2D eigenvalue weighted by Crippen LogP contribution is -2.09. The molecule has 1 heterocycles. The first-order chi connectivity index (χ1) is 7.25. The first kappa shape index (κ1) is 9.11. The predicted octanol–water partition coefficient (Wildman–Crippen LogP) is 2.40. The van der Waals surface area contributed by atoms with Crippen LogP contribution in [0.5, 0.6) is 0 Å². The zero-order valence-corrected chi connectivity index (χ0v) is 8.79. The van der Waals surface area contributed by atoms with Gasteiger partial charge in [-0.1, -0.05) is 23.7 Å². The van der Waals surface area contributed by atoms with Crippen molar-refractivity contribution in [3.05, 3.63) is 35.6 Å². The number of benzene rings is 1. The molecule has 72 valence electrons. The van der Waals surface area contributed by atoms with Crippen LogP contribution in [0, 0.1) is 0 Å². The van der Waals surface area contributed by atoms with E-state index >= 15 is 0 Å². The largest absolute Gasteiger partial charge is 0.456 e. The van der Waals surface area contributed by atoms with Gasteiger partial charge in [-0.2, -0.15) is 0 Å². The average Bonchev–Trinajstić information content (AvgIpc) is 2.57. The predicted molar refractivity (Wildman–Crippen MR) is 64.0 cm³/mol. The van der Waals surface area contributed by atoms with Crippen LogP contribution < -0.4 is 5.46 Å². The summed E-state index contributed by atoms with van der Waals surface area (Å²) >= 11 is 6.08. The Morgan fingerprint density at radius 2 is 2.27 bits per heavy atom. The molecule has 0 bridgehead atoms. The number of furan rings is 1. The molecule has 1 aromatic heterocycles. The summed E-state index contributed by atoms with van der Waals surface area (Å²) in [6.45, 7) is 0. The number of rotatable bonds is 0. The maximum atomic E-state index is 6.08. The molecular formula is C12H8BClO. The molecule has 0 N–H and O–H groups in total. The fourth-order valence-corrected chi connectivity index (χ4v) is 2.28. The third kappa shape index (κ3) is 1.32. The van der Waals surface area contributed by atoms with Crippen LogP contribution in [-0.4, -0.2) is 13.2 Å². The van der Waals surface area contributed by atoms with E-state index in [-0.39, 0.29) is 5.38 Å². The third-order valence-electron chi connectivity index (χ3n) is 2.73. The highest BCUT2D eigenvalue weighted by molar-refractivity contribution is 6.39. The minimum Gasteiger partial charge on any atom is -0.456 e. The fraction of sp³-hybridized carbons (Fsp3) is 0.167. The van der Waals surface area contributed by atoms with E-state index in [0.29, 0.717) is 0 Å². The number of allylic oxidation sites excluding steroid dienone is 1. The van der Waals surface area contributed by atoms with Crippen molar-refractivity contribution in [2.45, 2.75) is 11.8 Å². The molecule has 2 radical (unpaired) electrons. The highest BCUT2D eigenvalue weighted by Gasteiger charge is 2.19. The minimum atomic E-state index is 0.0397. The molecule has 15 heavy (non-hydrogen) atoms. The normalized spacial score (nSPS) is 19.4. The van der Waals surface area contributed by atoms with Gasteiger partial charge >= 0.3 is 0 Å². The molecule has 0 aliphatic heterocycles. The molecule has 3 heteroatoms. The number of halogens is 1. The maximum absolute atomic E-state index is 6.08. The number of fused-ring (bicyclic) bond motifs is 3. The summed E-state index contributed by atoms with van der Waals surface area (Å²) in [6, 6.07) is 5.72. The summed E-state index contributed by atoms with van der Waals surface area (Å²) in [6.07, 6.45) is 4.66. The Hall–Kier alpha value is -1.15. The molecule has 3 rings (SSSR count). The van der Waals surface area contributed by atoms with Crippen molar-refractivity contribution in [1.29, 1.82) is 0 Å². The second kappa shape index (κ2) is 3.17. The highest BCUT2D eigenvalue weighted by atomic mass is 35.5. The second-order valence-corrected chi connectivity index (χ2v) is 4.31. The summed E-state index contributed by atoms with van der Waals surface area (Å²) in [4.78, 5) is 0. The Labute approximate surface area is 94.1 Å². The van der Waals surface area contributed by atoms with E-state index in [9.17, 15) is 0 Å². The van der Waals surface area contributed by atoms with Crippen LogP contribution in [0.2, 0.25) is 0 Å². The Bertz CT molecular complexity index is 556. The molecule has 0 saturated heterocycles. The lowest BCUT2D eigenvalue weighted by Gasteiger charge is -2.09. The smallest absolute Gasteiger partial charge is 0.134 e. The van der Waals surface area contributed by atoms with E-state index in [1.165, 1.54) is 0 Å². The molecule has 1 aliphatic carbocycles. The van der Waals surface area contributed by atoms with Gasteiger partial charge < -0.3 is 4.42 Å². The van der Waals surface area contributed by atoms with Crippen molar-refractivity contribution in [3.63, 3.8) is 0 Å². The highest BCUT2D eigenvalue weighted by Crippen LogP contribution is 2.30. The van der Waals surface area contributed by atoms with Crippen LogP contribution in [0.1, 0.15) is 11.3 Å². The van der Waals surface area contributed by atoms with Crippen LogP contribution in [0.3, 0.4) is 0 Å². The van der Waals surface area contributed by atoms with E-state index in [0.717, 1.165) is 34.2 Å². The van der Waals surface area contributed by atoms with E-state index in [4.69, 9.17) is 23.9 Å². The van der Waals surface area contributed by atoms with Crippen LogP contribution in [0.4, 0.5) is 0 Å². The number of hydrogen-bond donors (Lipinski definition) is 0. The van der Waals surface area contributed by atoms with Gasteiger partial charge in [-0.05, 0) is 18.6 Å². The zero-order chi connectivity index (χ0) is 10.4. The molecule has 1 aromatic carbocycles. The van der Waals surface area contributed by atoms with E-state index in [1.807, 2.05) is 30.4 Å². The summed E-state index contributed by atoms with van der Waals surface area (Å²) in [7, 11) is 5.94. The Morgan fingerprint density at radius 1 is 1.40 bits per heavy atom. The topological polar surface area (TPSA) is 13.1 Å². The first-order valence-corrected chi connectivity index (χ1v) is 5.31. The quantitative estimate of drug-likeness (QED) is 0.485. The van der Waals surface area contributed by atoms with E-state index < -0.39 is 0 Å². The standard InChI is InChI=1S/C12H8BClO/c13-9-2-1-3-11-12(9)8-6-7(14)4-5-10(8)15-11/h1-5,7H,6H2. The van der Waals surface area contributed by atoms with Crippen molar-refractivity contribution in [3.8, 4) is 0 Å². The molecule has 1 aliphatic rings. The first-order valence-electron chi connectivity index (χ1n) is 4.88. The van der Waals surface area contributed by atoms with Gasteiger partial charge in [0.25, 0.3) is 0 Å². The van der Waals surface area contributed by atoms with Gasteiger partial charge in [0.15, 0.2) is 0 Å². The Kier molecular flexibility index (Phi) is 1.93. The molecule has 1 nitrogen and oxygen atoms in total. The Balaban J connectivity index is 2.37.